The number of rotatable bonds is 5. The minimum Gasteiger partial charge on any atom is -0.316 e. The zero-order valence-corrected chi connectivity index (χ0v) is 17.2. The van der Waals surface area contributed by atoms with E-state index in [1.165, 1.54) is 5.56 Å². The molecule has 1 heterocycles. The molecular formula is C23H24ClN3O. The van der Waals surface area contributed by atoms with Gasteiger partial charge >= 0.3 is 6.03 Å². The smallest absolute Gasteiger partial charge is 0.316 e. The first-order valence-electron chi connectivity index (χ1n) is 9.18. The summed E-state index contributed by atoms with van der Waals surface area (Å²) >= 11 is 6.45. The highest BCUT2D eigenvalue weighted by atomic mass is 35.5. The van der Waals surface area contributed by atoms with Crippen LogP contribution in [-0.4, -0.2) is 22.5 Å². The van der Waals surface area contributed by atoms with E-state index in [0.29, 0.717) is 18.2 Å². The van der Waals surface area contributed by atoms with Crippen LogP contribution < -0.4 is 5.32 Å². The topological polar surface area (TPSA) is 45.2 Å². The van der Waals surface area contributed by atoms with Crippen LogP contribution in [0.4, 0.5) is 10.5 Å². The zero-order chi connectivity index (χ0) is 20.3. The SMILES string of the molecule is C=CCN(Cc1cc2cc(C)cc(C)c2nc1Cl)C(=O)Nc1ccccc1C. The van der Waals surface area contributed by atoms with Crippen molar-refractivity contribution in [2.24, 2.45) is 0 Å². The number of para-hydroxylation sites is 1. The molecule has 0 saturated heterocycles. The van der Waals surface area contributed by atoms with E-state index in [0.717, 1.165) is 33.3 Å². The van der Waals surface area contributed by atoms with Crippen LogP contribution in [0.2, 0.25) is 5.15 Å². The lowest BCUT2D eigenvalue weighted by Crippen LogP contribution is -2.35. The molecule has 144 valence electrons. The third-order valence-electron chi connectivity index (χ3n) is 4.66. The standard InChI is InChI=1S/C23H24ClN3O/c1-5-10-27(23(28)25-20-9-7-6-8-16(20)3)14-19-13-18-12-15(2)11-17(4)21(18)26-22(19)24/h5-9,11-13H,1,10,14H2,2-4H3,(H,25,28). The first-order valence-corrected chi connectivity index (χ1v) is 9.55. The molecule has 0 atom stereocenters. The number of aromatic nitrogens is 1. The number of hydrogen-bond donors (Lipinski definition) is 1. The molecule has 0 saturated carbocycles. The maximum Gasteiger partial charge on any atom is 0.322 e. The minimum atomic E-state index is -0.203. The summed E-state index contributed by atoms with van der Waals surface area (Å²) in [5.41, 5.74) is 5.74. The number of nitrogens with one attached hydrogen (secondary N) is 1. The zero-order valence-electron chi connectivity index (χ0n) is 16.4. The van der Waals surface area contributed by atoms with E-state index in [-0.39, 0.29) is 6.03 Å². The fourth-order valence-electron chi connectivity index (χ4n) is 3.27. The number of aryl methyl sites for hydroxylation is 3. The number of urea groups is 1. The maximum atomic E-state index is 12.8. The summed E-state index contributed by atoms with van der Waals surface area (Å²) in [7, 11) is 0. The highest BCUT2D eigenvalue weighted by molar-refractivity contribution is 6.30. The van der Waals surface area contributed by atoms with E-state index in [1.807, 2.05) is 44.2 Å². The number of halogens is 1. The Morgan fingerprint density at radius 3 is 2.64 bits per heavy atom. The number of benzene rings is 2. The Bertz CT molecular complexity index is 1050. The lowest BCUT2D eigenvalue weighted by atomic mass is 10.1. The van der Waals surface area contributed by atoms with Crippen molar-refractivity contribution in [2.75, 3.05) is 11.9 Å². The number of carbonyl (C=O) groups is 1. The summed E-state index contributed by atoms with van der Waals surface area (Å²) in [6.07, 6.45) is 1.70. The lowest BCUT2D eigenvalue weighted by molar-refractivity contribution is 0.215. The van der Waals surface area contributed by atoms with Gasteiger partial charge in [-0.3, -0.25) is 0 Å². The Labute approximate surface area is 170 Å². The van der Waals surface area contributed by atoms with Gasteiger partial charge in [-0.2, -0.15) is 0 Å². The van der Waals surface area contributed by atoms with Crippen molar-refractivity contribution in [2.45, 2.75) is 27.3 Å². The van der Waals surface area contributed by atoms with Crippen molar-refractivity contribution in [3.8, 4) is 0 Å². The third-order valence-corrected chi connectivity index (χ3v) is 4.99. The number of hydrogen-bond acceptors (Lipinski definition) is 2. The average Bonchev–Trinajstić information content (AvgIpc) is 2.64. The molecular weight excluding hydrogens is 370 g/mol. The molecule has 0 aliphatic rings. The van der Waals surface area contributed by atoms with Crippen LogP contribution >= 0.6 is 11.6 Å². The summed E-state index contributed by atoms with van der Waals surface area (Å²) < 4.78 is 0. The molecule has 3 rings (SSSR count). The summed E-state index contributed by atoms with van der Waals surface area (Å²) in [5.74, 6) is 0. The molecule has 28 heavy (non-hydrogen) atoms. The largest absolute Gasteiger partial charge is 0.322 e. The highest BCUT2D eigenvalue weighted by Gasteiger charge is 2.17. The number of anilines is 1. The average molecular weight is 394 g/mol. The molecule has 0 fully saturated rings. The van der Waals surface area contributed by atoms with Gasteiger partial charge < -0.3 is 10.2 Å². The normalized spacial score (nSPS) is 10.7. The molecule has 1 aromatic heterocycles. The van der Waals surface area contributed by atoms with Gasteiger partial charge in [-0.25, -0.2) is 9.78 Å². The Morgan fingerprint density at radius 2 is 1.93 bits per heavy atom. The van der Waals surface area contributed by atoms with Crippen molar-refractivity contribution in [3.63, 3.8) is 0 Å². The van der Waals surface area contributed by atoms with Crippen LogP contribution in [0.3, 0.4) is 0 Å². The third kappa shape index (κ3) is 4.34. The number of pyridine rings is 1. The Hall–Kier alpha value is -2.85. The molecule has 0 spiro atoms. The molecule has 0 unspecified atom stereocenters. The van der Waals surface area contributed by atoms with Crippen molar-refractivity contribution >= 4 is 34.2 Å². The van der Waals surface area contributed by atoms with E-state index in [1.54, 1.807) is 11.0 Å². The quantitative estimate of drug-likeness (QED) is 0.424. The fourth-order valence-corrected chi connectivity index (χ4v) is 3.47. The van der Waals surface area contributed by atoms with Gasteiger partial charge in [-0.1, -0.05) is 47.5 Å². The molecule has 1 N–H and O–H groups in total. The van der Waals surface area contributed by atoms with E-state index in [9.17, 15) is 4.79 Å². The van der Waals surface area contributed by atoms with Crippen molar-refractivity contribution in [3.05, 3.63) is 82.5 Å². The van der Waals surface area contributed by atoms with Gasteiger partial charge in [0, 0.05) is 23.2 Å². The second-order valence-electron chi connectivity index (χ2n) is 7.01. The first kappa shape index (κ1) is 19.9. The number of carbonyl (C=O) groups excluding carboxylic acids is 1. The van der Waals surface area contributed by atoms with Crippen molar-refractivity contribution in [1.29, 1.82) is 0 Å². The summed E-state index contributed by atoms with van der Waals surface area (Å²) in [4.78, 5) is 19.1. The fraction of sp³-hybridized carbons (Fsp3) is 0.217. The minimum absolute atomic E-state index is 0.203. The van der Waals surface area contributed by atoms with Crippen LogP contribution in [0, 0.1) is 20.8 Å². The molecule has 3 aromatic rings. The van der Waals surface area contributed by atoms with Crippen molar-refractivity contribution in [1.82, 2.24) is 9.88 Å². The van der Waals surface area contributed by atoms with Crippen LogP contribution in [0.15, 0.2) is 55.1 Å². The van der Waals surface area contributed by atoms with Gasteiger partial charge in [0.2, 0.25) is 0 Å². The Balaban J connectivity index is 1.89. The van der Waals surface area contributed by atoms with Crippen LogP contribution in [0.5, 0.6) is 0 Å². The predicted octanol–water partition coefficient (Wildman–Crippen LogP) is 6.03. The van der Waals surface area contributed by atoms with Gasteiger partial charge in [0.15, 0.2) is 0 Å². The monoisotopic (exact) mass is 393 g/mol. The van der Waals surface area contributed by atoms with E-state index in [2.05, 4.69) is 35.9 Å². The van der Waals surface area contributed by atoms with Crippen LogP contribution in [0.1, 0.15) is 22.3 Å². The van der Waals surface area contributed by atoms with E-state index in [4.69, 9.17) is 11.6 Å². The number of amides is 2. The predicted molar refractivity (Wildman–Crippen MR) is 117 cm³/mol. The first-order chi connectivity index (χ1) is 13.4. The molecule has 0 aliphatic heterocycles. The highest BCUT2D eigenvalue weighted by Crippen LogP contribution is 2.25. The van der Waals surface area contributed by atoms with E-state index < -0.39 is 0 Å². The second kappa shape index (κ2) is 8.44. The summed E-state index contributed by atoms with van der Waals surface area (Å²) in [5, 5.41) is 4.40. The maximum absolute atomic E-state index is 12.8. The van der Waals surface area contributed by atoms with Crippen molar-refractivity contribution < 1.29 is 4.79 Å². The van der Waals surface area contributed by atoms with Gasteiger partial charge in [-0.15, -0.1) is 6.58 Å². The molecule has 4 nitrogen and oxygen atoms in total. The van der Waals surface area contributed by atoms with Gasteiger partial charge in [0.05, 0.1) is 12.1 Å². The Kier molecular flexibility index (Phi) is 6.00. The van der Waals surface area contributed by atoms with Gasteiger partial charge in [-0.05, 0) is 50.1 Å². The number of nitrogens with zero attached hydrogens (tertiary/aromatic N) is 2. The van der Waals surface area contributed by atoms with Crippen LogP contribution in [0.25, 0.3) is 10.9 Å². The Morgan fingerprint density at radius 1 is 1.18 bits per heavy atom. The number of fused-ring (bicyclic) bond motifs is 1. The van der Waals surface area contributed by atoms with Gasteiger partial charge in [0.1, 0.15) is 5.15 Å². The summed E-state index contributed by atoms with van der Waals surface area (Å²) in [6.45, 7) is 10.6. The lowest BCUT2D eigenvalue weighted by Gasteiger charge is -2.23. The van der Waals surface area contributed by atoms with Crippen LogP contribution in [-0.2, 0) is 6.54 Å². The summed E-state index contributed by atoms with van der Waals surface area (Å²) in [6, 6.07) is 13.7. The molecule has 2 aromatic carbocycles. The van der Waals surface area contributed by atoms with E-state index >= 15 is 0 Å². The van der Waals surface area contributed by atoms with Gasteiger partial charge in [0.25, 0.3) is 0 Å². The molecule has 0 radical (unpaired) electrons. The second-order valence-corrected chi connectivity index (χ2v) is 7.36. The molecule has 5 heteroatoms. The molecule has 2 amide bonds. The molecule has 0 aliphatic carbocycles. The molecule has 0 bridgehead atoms.